The van der Waals surface area contributed by atoms with Gasteiger partial charge in [0.05, 0.1) is 0 Å². The molecule has 2 rings (SSSR count). The molecule has 0 fully saturated rings. The van der Waals surface area contributed by atoms with Crippen molar-refractivity contribution in [3.63, 3.8) is 0 Å². The van der Waals surface area contributed by atoms with Crippen molar-refractivity contribution < 1.29 is 13.6 Å². The molecule has 0 spiro atoms. The molecule has 1 heterocycles. The summed E-state index contributed by atoms with van der Waals surface area (Å²) in [5.74, 6) is -2.45. The molecule has 0 bridgehead atoms. The number of halogens is 2. The topological polar surface area (TPSA) is 42.0 Å². The van der Waals surface area contributed by atoms with Crippen LogP contribution >= 0.6 is 0 Å². The van der Waals surface area contributed by atoms with Crippen LogP contribution in [0.15, 0.2) is 36.7 Å². The summed E-state index contributed by atoms with van der Waals surface area (Å²) in [6.45, 7) is 2.19. The zero-order chi connectivity index (χ0) is 13.8. The molecular formula is C14H12F2N2O. The third-order valence-corrected chi connectivity index (χ3v) is 2.76. The molecule has 0 atom stereocenters. The molecule has 19 heavy (non-hydrogen) atoms. The molecule has 1 aromatic heterocycles. The number of amides is 1. The van der Waals surface area contributed by atoms with Gasteiger partial charge in [0.25, 0.3) is 5.91 Å². The Morgan fingerprint density at radius 2 is 2.05 bits per heavy atom. The second-order valence-electron chi connectivity index (χ2n) is 4.11. The molecule has 0 aliphatic carbocycles. The fourth-order valence-electron chi connectivity index (χ4n) is 1.62. The van der Waals surface area contributed by atoms with Crippen molar-refractivity contribution >= 4 is 5.91 Å². The molecule has 1 amide bonds. The fourth-order valence-corrected chi connectivity index (χ4v) is 1.62. The fraction of sp³-hybridized carbons (Fsp3) is 0.143. The van der Waals surface area contributed by atoms with E-state index in [0.29, 0.717) is 6.54 Å². The summed E-state index contributed by atoms with van der Waals surface area (Å²) in [6.07, 6.45) is 3.32. The van der Waals surface area contributed by atoms with Crippen molar-refractivity contribution in [2.24, 2.45) is 0 Å². The Bertz CT molecular complexity index is 614. The van der Waals surface area contributed by atoms with Crippen LogP contribution in [-0.4, -0.2) is 10.9 Å². The van der Waals surface area contributed by atoms with Crippen LogP contribution in [0.4, 0.5) is 8.78 Å². The monoisotopic (exact) mass is 262 g/mol. The summed E-state index contributed by atoms with van der Waals surface area (Å²) in [5, 5.41) is 2.65. The maximum absolute atomic E-state index is 13.0. The molecule has 3 nitrogen and oxygen atoms in total. The predicted octanol–water partition coefficient (Wildman–Crippen LogP) is 2.60. The highest BCUT2D eigenvalue weighted by Crippen LogP contribution is 2.09. The van der Waals surface area contributed by atoms with Gasteiger partial charge < -0.3 is 5.32 Å². The minimum absolute atomic E-state index is 0.0885. The summed E-state index contributed by atoms with van der Waals surface area (Å²) >= 11 is 0. The second kappa shape index (κ2) is 5.56. The zero-order valence-electron chi connectivity index (χ0n) is 10.3. The number of carbonyl (C=O) groups is 1. The van der Waals surface area contributed by atoms with Crippen LogP contribution in [0.25, 0.3) is 0 Å². The Labute approximate surface area is 109 Å². The molecular weight excluding hydrogens is 250 g/mol. The van der Waals surface area contributed by atoms with Gasteiger partial charge in [-0.2, -0.15) is 0 Å². The van der Waals surface area contributed by atoms with Crippen molar-refractivity contribution in [1.82, 2.24) is 10.3 Å². The minimum atomic E-state index is -1.03. The van der Waals surface area contributed by atoms with E-state index in [4.69, 9.17) is 0 Å². The smallest absolute Gasteiger partial charge is 0.251 e. The quantitative estimate of drug-likeness (QED) is 0.923. The molecule has 0 saturated heterocycles. The Morgan fingerprint density at radius 1 is 1.26 bits per heavy atom. The van der Waals surface area contributed by atoms with E-state index in [-0.39, 0.29) is 5.56 Å². The molecule has 0 aliphatic rings. The van der Waals surface area contributed by atoms with Gasteiger partial charge in [0, 0.05) is 24.5 Å². The van der Waals surface area contributed by atoms with Crippen LogP contribution in [0.2, 0.25) is 0 Å². The van der Waals surface area contributed by atoms with Crippen LogP contribution in [-0.2, 0) is 6.54 Å². The van der Waals surface area contributed by atoms with Crippen molar-refractivity contribution in [2.75, 3.05) is 0 Å². The molecule has 0 saturated carbocycles. The van der Waals surface area contributed by atoms with Gasteiger partial charge in [-0.25, -0.2) is 8.78 Å². The van der Waals surface area contributed by atoms with E-state index in [1.807, 2.05) is 6.92 Å². The molecule has 0 aliphatic heterocycles. The van der Waals surface area contributed by atoms with E-state index in [1.54, 1.807) is 18.5 Å². The highest BCUT2D eigenvalue weighted by atomic mass is 19.2. The van der Waals surface area contributed by atoms with E-state index in [2.05, 4.69) is 10.3 Å². The summed E-state index contributed by atoms with van der Waals surface area (Å²) in [4.78, 5) is 15.7. The lowest BCUT2D eigenvalue weighted by atomic mass is 10.1. The summed E-state index contributed by atoms with van der Waals surface area (Å²) in [5.41, 5.74) is 1.96. The number of hydrogen-bond donors (Lipinski definition) is 1. The first-order valence-electron chi connectivity index (χ1n) is 5.70. The Hall–Kier alpha value is -2.30. The van der Waals surface area contributed by atoms with Gasteiger partial charge in [-0.3, -0.25) is 9.78 Å². The lowest BCUT2D eigenvalue weighted by Gasteiger charge is -2.07. The highest BCUT2D eigenvalue weighted by molar-refractivity contribution is 5.94. The number of benzene rings is 1. The average molecular weight is 262 g/mol. The number of nitrogens with one attached hydrogen (secondary N) is 1. The number of aryl methyl sites for hydroxylation is 1. The normalized spacial score (nSPS) is 10.3. The lowest BCUT2D eigenvalue weighted by Crippen LogP contribution is -2.23. The Balaban J connectivity index is 2.05. The van der Waals surface area contributed by atoms with Gasteiger partial charge in [0.15, 0.2) is 11.6 Å². The molecule has 98 valence electrons. The highest BCUT2D eigenvalue weighted by Gasteiger charge is 2.09. The first-order chi connectivity index (χ1) is 9.08. The number of pyridine rings is 1. The summed E-state index contributed by atoms with van der Waals surface area (Å²) in [6, 6.07) is 4.85. The van der Waals surface area contributed by atoms with Crippen LogP contribution < -0.4 is 5.32 Å². The SMILES string of the molecule is Cc1cnccc1CNC(=O)c1ccc(F)c(F)c1. The van der Waals surface area contributed by atoms with Gasteiger partial charge in [-0.1, -0.05) is 0 Å². The summed E-state index contributed by atoms with van der Waals surface area (Å²) in [7, 11) is 0. The molecule has 5 heteroatoms. The maximum Gasteiger partial charge on any atom is 0.251 e. The number of hydrogen-bond acceptors (Lipinski definition) is 2. The zero-order valence-corrected chi connectivity index (χ0v) is 10.3. The number of aromatic nitrogens is 1. The van der Waals surface area contributed by atoms with Gasteiger partial charge in [0.1, 0.15) is 0 Å². The molecule has 2 aromatic rings. The number of rotatable bonds is 3. The molecule has 0 unspecified atom stereocenters. The van der Waals surface area contributed by atoms with Crippen molar-refractivity contribution in [2.45, 2.75) is 13.5 Å². The predicted molar refractivity (Wildman–Crippen MR) is 66.5 cm³/mol. The van der Waals surface area contributed by atoms with E-state index >= 15 is 0 Å². The van der Waals surface area contributed by atoms with Gasteiger partial charge >= 0.3 is 0 Å². The van der Waals surface area contributed by atoms with Crippen molar-refractivity contribution in [3.05, 3.63) is 65.0 Å². The van der Waals surface area contributed by atoms with Crippen LogP contribution in [0, 0.1) is 18.6 Å². The van der Waals surface area contributed by atoms with E-state index in [9.17, 15) is 13.6 Å². The molecule has 0 radical (unpaired) electrons. The van der Waals surface area contributed by atoms with Crippen LogP contribution in [0.3, 0.4) is 0 Å². The van der Waals surface area contributed by atoms with Crippen LogP contribution in [0.1, 0.15) is 21.5 Å². The summed E-state index contributed by atoms with van der Waals surface area (Å²) < 4.78 is 25.8. The number of nitrogens with zero attached hydrogens (tertiary/aromatic N) is 1. The minimum Gasteiger partial charge on any atom is -0.348 e. The van der Waals surface area contributed by atoms with E-state index in [1.165, 1.54) is 6.07 Å². The third-order valence-electron chi connectivity index (χ3n) is 2.76. The van der Waals surface area contributed by atoms with Crippen molar-refractivity contribution in [1.29, 1.82) is 0 Å². The van der Waals surface area contributed by atoms with E-state index < -0.39 is 17.5 Å². The van der Waals surface area contributed by atoms with E-state index in [0.717, 1.165) is 23.3 Å². The third kappa shape index (κ3) is 3.13. The van der Waals surface area contributed by atoms with Crippen LogP contribution in [0.5, 0.6) is 0 Å². The largest absolute Gasteiger partial charge is 0.348 e. The van der Waals surface area contributed by atoms with Crippen molar-refractivity contribution in [3.8, 4) is 0 Å². The maximum atomic E-state index is 13.0. The number of carbonyl (C=O) groups excluding carboxylic acids is 1. The lowest BCUT2D eigenvalue weighted by molar-refractivity contribution is 0.0950. The Morgan fingerprint density at radius 3 is 2.74 bits per heavy atom. The first kappa shape index (κ1) is 13.1. The van der Waals surface area contributed by atoms with Gasteiger partial charge in [0.2, 0.25) is 0 Å². The van der Waals surface area contributed by atoms with Gasteiger partial charge in [-0.05, 0) is 42.3 Å². The Kier molecular flexibility index (Phi) is 3.85. The first-order valence-corrected chi connectivity index (χ1v) is 5.70. The standard InChI is InChI=1S/C14H12F2N2O/c1-9-7-17-5-4-11(9)8-18-14(19)10-2-3-12(15)13(16)6-10/h2-7H,8H2,1H3,(H,18,19). The average Bonchev–Trinajstić information content (AvgIpc) is 2.40. The molecule has 1 N–H and O–H groups in total. The molecule has 1 aromatic carbocycles. The van der Waals surface area contributed by atoms with Gasteiger partial charge in [-0.15, -0.1) is 0 Å². The second-order valence-corrected chi connectivity index (χ2v) is 4.11.